The van der Waals surface area contributed by atoms with Gasteiger partial charge in [0.2, 0.25) is 10.0 Å². The summed E-state index contributed by atoms with van der Waals surface area (Å²) in [5, 5.41) is 0.371. The molecule has 0 heterocycles. The van der Waals surface area contributed by atoms with Crippen LogP contribution in [0.25, 0.3) is 0 Å². The van der Waals surface area contributed by atoms with Crippen LogP contribution in [0, 0.1) is 5.92 Å². The normalized spacial score (nSPS) is 17.4. The number of hydrogen-bond donors (Lipinski definition) is 2. The maximum Gasteiger partial charge on any atom is 0.241 e. The minimum absolute atomic E-state index is 0.122. The fraction of sp³-hybridized carbons (Fsp3) is 0.364. The first-order valence-electron chi connectivity index (χ1n) is 5.47. The number of nitrogens with two attached hydrogens (primary N) is 1. The molecule has 1 atom stereocenters. The van der Waals surface area contributed by atoms with E-state index in [1.807, 2.05) is 0 Å². The summed E-state index contributed by atoms with van der Waals surface area (Å²) in [4.78, 5) is 0.306. The highest BCUT2D eigenvalue weighted by atomic mass is 35.5. The zero-order valence-electron chi connectivity index (χ0n) is 9.47. The van der Waals surface area contributed by atoms with Crippen molar-refractivity contribution >= 4 is 38.8 Å². The molecule has 0 aromatic heterocycles. The molecule has 1 aromatic carbocycles. The van der Waals surface area contributed by atoms with Gasteiger partial charge in [-0.25, -0.2) is 13.1 Å². The summed E-state index contributed by atoms with van der Waals surface area (Å²) in [6.07, 6.45) is 1.89. The van der Waals surface area contributed by atoms with Gasteiger partial charge in [-0.3, -0.25) is 0 Å². The fourth-order valence-corrected chi connectivity index (χ4v) is 3.60. The number of nitrogens with one attached hydrogen (secondary N) is 1. The molecule has 1 aromatic rings. The molecule has 1 unspecified atom stereocenters. The van der Waals surface area contributed by atoms with Crippen LogP contribution in [0.4, 0.5) is 0 Å². The topological polar surface area (TPSA) is 72.2 Å². The van der Waals surface area contributed by atoms with Gasteiger partial charge in [0.1, 0.15) is 0 Å². The van der Waals surface area contributed by atoms with Crippen LogP contribution in [0.3, 0.4) is 0 Å². The van der Waals surface area contributed by atoms with Gasteiger partial charge in [0.05, 0.1) is 15.9 Å². The molecule has 2 rings (SSSR count). The fourth-order valence-electron chi connectivity index (χ4n) is 1.69. The number of benzene rings is 1. The first kappa shape index (κ1) is 13.7. The first-order chi connectivity index (χ1) is 8.40. The Morgan fingerprint density at radius 1 is 1.50 bits per heavy atom. The maximum atomic E-state index is 12.1. The van der Waals surface area contributed by atoms with Crippen LogP contribution in [-0.4, -0.2) is 19.4 Å². The number of sulfonamides is 1. The lowest BCUT2D eigenvalue weighted by atomic mass is 10.2. The van der Waals surface area contributed by atoms with Crippen molar-refractivity contribution in [3.8, 4) is 0 Å². The van der Waals surface area contributed by atoms with E-state index in [1.54, 1.807) is 12.1 Å². The van der Waals surface area contributed by atoms with Gasteiger partial charge in [0, 0.05) is 5.02 Å². The second kappa shape index (κ2) is 5.13. The third kappa shape index (κ3) is 3.20. The predicted molar refractivity (Wildman–Crippen MR) is 75.1 cm³/mol. The Morgan fingerprint density at radius 2 is 2.17 bits per heavy atom. The second-order valence-electron chi connectivity index (χ2n) is 4.30. The molecule has 1 aliphatic carbocycles. The van der Waals surface area contributed by atoms with E-state index >= 15 is 0 Å². The van der Waals surface area contributed by atoms with Gasteiger partial charge in [-0.1, -0.05) is 29.9 Å². The van der Waals surface area contributed by atoms with E-state index in [9.17, 15) is 8.42 Å². The van der Waals surface area contributed by atoms with Gasteiger partial charge in [-0.05, 0) is 37.0 Å². The van der Waals surface area contributed by atoms with Gasteiger partial charge in [0.25, 0.3) is 0 Å². The van der Waals surface area contributed by atoms with Crippen LogP contribution >= 0.6 is 23.8 Å². The van der Waals surface area contributed by atoms with Crippen molar-refractivity contribution in [1.29, 1.82) is 0 Å². The molecule has 1 aliphatic rings. The molecule has 7 heteroatoms. The molecule has 4 nitrogen and oxygen atoms in total. The zero-order valence-corrected chi connectivity index (χ0v) is 11.9. The molecular formula is C11H13ClN2O2S2. The van der Waals surface area contributed by atoms with Gasteiger partial charge in [-0.2, -0.15) is 0 Å². The Bertz CT molecular complexity index is 570. The summed E-state index contributed by atoms with van der Waals surface area (Å²) in [6, 6.07) is 5.62. The second-order valence-corrected chi connectivity index (χ2v) is 6.92. The number of rotatable bonds is 5. The molecule has 1 fully saturated rings. The minimum atomic E-state index is -3.63. The minimum Gasteiger partial charge on any atom is -0.392 e. The van der Waals surface area contributed by atoms with Crippen LogP contribution in [-0.2, 0) is 10.0 Å². The summed E-state index contributed by atoms with van der Waals surface area (Å²) >= 11 is 10.7. The van der Waals surface area contributed by atoms with Crippen molar-refractivity contribution < 1.29 is 8.42 Å². The van der Waals surface area contributed by atoms with Crippen molar-refractivity contribution in [2.24, 2.45) is 11.7 Å². The van der Waals surface area contributed by atoms with Crippen molar-refractivity contribution in [2.45, 2.75) is 23.8 Å². The standard InChI is InChI=1S/C11H13ClN2O2S2/c12-8-2-1-3-9(6-8)18(15,16)14-10(11(13)17)7-4-5-7/h1-3,6-7,10,14H,4-5H2,(H2,13,17). The highest BCUT2D eigenvalue weighted by Crippen LogP contribution is 2.33. The Hall–Kier alpha value is -0.690. The quantitative estimate of drug-likeness (QED) is 0.812. The summed E-state index contributed by atoms with van der Waals surface area (Å²) in [5.41, 5.74) is 5.57. The van der Waals surface area contributed by atoms with E-state index in [2.05, 4.69) is 4.72 Å². The largest absolute Gasteiger partial charge is 0.392 e. The van der Waals surface area contributed by atoms with E-state index < -0.39 is 16.1 Å². The van der Waals surface area contributed by atoms with E-state index in [-0.39, 0.29) is 15.8 Å². The predicted octanol–water partition coefficient (Wildman–Crippen LogP) is 1.68. The molecule has 0 bridgehead atoms. The molecule has 18 heavy (non-hydrogen) atoms. The van der Waals surface area contributed by atoms with Crippen LogP contribution in [0.15, 0.2) is 29.2 Å². The lowest BCUT2D eigenvalue weighted by Gasteiger charge is -2.16. The Balaban J connectivity index is 2.23. The van der Waals surface area contributed by atoms with Gasteiger partial charge >= 0.3 is 0 Å². The molecule has 0 amide bonds. The molecular weight excluding hydrogens is 292 g/mol. The monoisotopic (exact) mass is 304 g/mol. The molecule has 0 spiro atoms. The summed E-state index contributed by atoms with van der Waals surface area (Å²) < 4.78 is 26.8. The van der Waals surface area contributed by atoms with Gasteiger partial charge in [0.15, 0.2) is 0 Å². The van der Waals surface area contributed by atoms with Crippen molar-refractivity contribution in [3.63, 3.8) is 0 Å². The molecule has 0 aliphatic heterocycles. The molecule has 0 radical (unpaired) electrons. The maximum absolute atomic E-state index is 12.1. The third-order valence-electron chi connectivity index (χ3n) is 2.79. The van der Waals surface area contributed by atoms with Crippen molar-refractivity contribution in [1.82, 2.24) is 4.72 Å². The SMILES string of the molecule is NC(=S)C(NS(=O)(=O)c1cccc(Cl)c1)C1CC1. The van der Waals surface area contributed by atoms with E-state index in [0.717, 1.165) is 12.8 Å². The van der Waals surface area contributed by atoms with E-state index in [4.69, 9.17) is 29.6 Å². The van der Waals surface area contributed by atoms with Crippen molar-refractivity contribution in [3.05, 3.63) is 29.3 Å². The Labute approximate surface area is 117 Å². The van der Waals surface area contributed by atoms with E-state index in [0.29, 0.717) is 5.02 Å². The van der Waals surface area contributed by atoms with Gasteiger partial charge in [-0.15, -0.1) is 0 Å². The number of halogens is 1. The highest BCUT2D eigenvalue weighted by Gasteiger charge is 2.36. The van der Waals surface area contributed by atoms with Crippen LogP contribution in [0.5, 0.6) is 0 Å². The highest BCUT2D eigenvalue weighted by molar-refractivity contribution is 7.89. The summed E-state index contributed by atoms with van der Waals surface area (Å²) in [7, 11) is -3.63. The Kier molecular flexibility index (Phi) is 3.91. The molecule has 1 saturated carbocycles. The van der Waals surface area contributed by atoms with Crippen molar-refractivity contribution in [2.75, 3.05) is 0 Å². The number of hydrogen-bond acceptors (Lipinski definition) is 3. The average molecular weight is 305 g/mol. The van der Waals surface area contributed by atoms with Crippen LogP contribution in [0.1, 0.15) is 12.8 Å². The molecule has 3 N–H and O–H groups in total. The summed E-state index contributed by atoms with van der Waals surface area (Å²) in [5.74, 6) is 0.219. The molecule has 98 valence electrons. The van der Waals surface area contributed by atoms with Crippen LogP contribution < -0.4 is 10.5 Å². The first-order valence-corrected chi connectivity index (χ1v) is 7.74. The smallest absolute Gasteiger partial charge is 0.241 e. The lowest BCUT2D eigenvalue weighted by Crippen LogP contribution is -2.44. The lowest BCUT2D eigenvalue weighted by molar-refractivity contribution is 0.565. The zero-order chi connectivity index (χ0) is 13.3. The molecule has 0 saturated heterocycles. The Morgan fingerprint density at radius 3 is 2.67 bits per heavy atom. The average Bonchev–Trinajstić information content (AvgIpc) is 3.09. The van der Waals surface area contributed by atoms with E-state index in [1.165, 1.54) is 12.1 Å². The van der Waals surface area contributed by atoms with Gasteiger partial charge < -0.3 is 5.73 Å². The number of thiocarbonyl (C=S) groups is 1. The summed E-state index contributed by atoms with van der Waals surface area (Å²) in [6.45, 7) is 0. The van der Waals surface area contributed by atoms with Crippen LogP contribution in [0.2, 0.25) is 5.02 Å². The third-order valence-corrected chi connectivity index (χ3v) is 4.72.